The molecule has 1 N–H and O–H groups in total. The number of allylic oxidation sites excluding steroid dienone is 2. The second-order valence-corrected chi connectivity index (χ2v) is 7.46. The highest BCUT2D eigenvalue weighted by molar-refractivity contribution is 6.31. The lowest BCUT2D eigenvalue weighted by atomic mass is 9.78. The van der Waals surface area contributed by atoms with E-state index in [2.05, 4.69) is 15.4 Å². The predicted molar refractivity (Wildman–Crippen MR) is 104 cm³/mol. The second kappa shape index (κ2) is 6.56. The van der Waals surface area contributed by atoms with Gasteiger partial charge in [0.15, 0.2) is 5.78 Å². The van der Waals surface area contributed by atoms with Crippen molar-refractivity contribution in [1.82, 2.24) is 14.8 Å². The fourth-order valence-corrected chi connectivity index (χ4v) is 4.35. The SMILES string of the molecule is O=C1C[C@H](c2ccc(F)cc2)CC2=C1[C@@H](c1ccccc1Cl)n1ncnc1N2. The van der Waals surface area contributed by atoms with E-state index in [0.717, 1.165) is 16.8 Å². The quantitative estimate of drug-likeness (QED) is 0.695. The van der Waals surface area contributed by atoms with Crippen molar-refractivity contribution in [2.24, 2.45) is 0 Å². The van der Waals surface area contributed by atoms with Gasteiger partial charge in [-0.15, -0.1) is 0 Å². The van der Waals surface area contributed by atoms with E-state index < -0.39 is 6.04 Å². The third kappa shape index (κ3) is 2.72. The van der Waals surface area contributed by atoms with Crippen LogP contribution in [0.25, 0.3) is 0 Å². The standard InChI is InChI=1S/C21H16ClFN4O/c22-16-4-2-1-3-15(16)20-19-17(26-21-24-11-25-27(20)21)9-13(10-18(19)28)12-5-7-14(23)8-6-12/h1-8,11,13,20H,9-10H2,(H,24,25,26)/t13-,20-/m1/s1. The number of nitrogens with one attached hydrogen (secondary N) is 1. The summed E-state index contributed by atoms with van der Waals surface area (Å²) in [5.41, 5.74) is 3.27. The van der Waals surface area contributed by atoms with Crippen LogP contribution in [0.4, 0.5) is 10.3 Å². The van der Waals surface area contributed by atoms with E-state index in [1.807, 2.05) is 24.3 Å². The van der Waals surface area contributed by atoms with Crippen molar-refractivity contribution in [3.8, 4) is 0 Å². The molecule has 140 valence electrons. The fraction of sp³-hybridized carbons (Fsp3) is 0.190. The van der Waals surface area contributed by atoms with Gasteiger partial charge in [0.2, 0.25) is 5.95 Å². The molecule has 2 atom stereocenters. The van der Waals surface area contributed by atoms with Gasteiger partial charge in [-0.3, -0.25) is 4.79 Å². The average Bonchev–Trinajstić information content (AvgIpc) is 3.15. The normalized spacial score (nSPS) is 21.1. The molecule has 5 rings (SSSR count). The fourth-order valence-electron chi connectivity index (χ4n) is 4.11. The van der Waals surface area contributed by atoms with E-state index in [0.29, 0.717) is 29.4 Å². The number of fused-ring (bicyclic) bond motifs is 1. The first kappa shape index (κ1) is 17.1. The molecule has 5 nitrogen and oxygen atoms in total. The molecule has 0 bridgehead atoms. The van der Waals surface area contributed by atoms with Crippen LogP contribution < -0.4 is 5.32 Å². The summed E-state index contributed by atoms with van der Waals surface area (Å²) in [4.78, 5) is 17.5. The summed E-state index contributed by atoms with van der Waals surface area (Å²) in [6, 6.07) is 13.4. The van der Waals surface area contributed by atoms with Crippen LogP contribution >= 0.6 is 11.6 Å². The van der Waals surface area contributed by atoms with Gasteiger partial charge in [-0.05, 0) is 36.1 Å². The zero-order chi connectivity index (χ0) is 19.3. The number of rotatable bonds is 2. The van der Waals surface area contributed by atoms with Gasteiger partial charge in [0, 0.05) is 28.3 Å². The Kier molecular flexibility index (Phi) is 4.02. The number of anilines is 1. The van der Waals surface area contributed by atoms with E-state index in [4.69, 9.17) is 11.6 Å². The van der Waals surface area contributed by atoms with Crippen LogP contribution in [0, 0.1) is 5.82 Å². The van der Waals surface area contributed by atoms with Gasteiger partial charge in [0.05, 0.1) is 0 Å². The molecule has 0 amide bonds. The average molecular weight is 395 g/mol. The second-order valence-electron chi connectivity index (χ2n) is 7.05. The van der Waals surface area contributed by atoms with Crippen LogP contribution in [0.5, 0.6) is 0 Å². The zero-order valence-electron chi connectivity index (χ0n) is 14.8. The number of carbonyl (C=O) groups is 1. The summed E-state index contributed by atoms with van der Waals surface area (Å²) in [5, 5.41) is 8.17. The third-order valence-corrected chi connectivity index (χ3v) is 5.75. The minimum Gasteiger partial charge on any atom is -0.328 e. The molecule has 0 fully saturated rings. The Hall–Kier alpha value is -2.99. The summed E-state index contributed by atoms with van der Waals surface area (Å²) in [6.07, 6.45) is 2.46. The van der Waals surface area contributed by atoms with Crippen molar-refractivity contribution >= 4 is 23.3 Å². The van der Waals surface area contributed by atoms with E-state index in [1.54, 1.807) is 16.8 Å². The molecule has 0 radical (unpaired) electrons. The highest BCUT2D eigenvalue weighted by Crippen LogP contribution is 2.44. The monoisotopic (exact) mass is 394 g/mol. The van der Waals surface area contributed by atoms with Crippen molar-refractivity contribution in [3.63, 3.8) is 0 Å². The molecule has 1 aromatic heterocycles. The van der Waals surface area contributed by atoms with E-state index in [1.165, 1.54) is 18.5 Å². The number of hydrogen-bond donors (Lipinski definition) is 1. The summed E-state index contributed by atoms with van der Waals surface area (Å²) < 4.78 is 15.0. The number of hydrogen-bond acceptors (Lipinski definition) is 4. The number of aromatic nitrogens is 3. The molecular weight excluding hydrogens is 379 g/mol. The highest BCUT2D eigenvalue weighted by atomic mass is 35.5. The Morgan fingerprint density at radius 1 is 1.11 bits per heavy atom. The van der Waals surface area contributed by atoms with Gasteiger partial charge in [0.1, 0.15) is 18.2 Å². The molecule has 2 aromatic carbocycles. The first-order chi connectivity index (χ1) is 13.6. The number of Topliss-reactive ketones (excluding diaryl/α,β-unsaturated/α-hetero) is 1. The maximum Gasteiger partial charge on any atom is 0.226 e. The van der Waals surface area contributed by atoms with Gasteiger partial charge in [-0.2, -0.15) is 10.1 Å². The third-order valence-electron chi connectivity index (χ3n) is 5.40. The first-order valence-corrected chi connectivity index (χ1v) is 9.42. The predicted octanol–water partition coefficient (Wildman–Crippen LogP) is 4.49. The van der Waals surface area contributed by atoms with E-state index >= 15 is 0 Å². The minimum atomic E-state index is -0.413. The van der Waals surface area contributed by atoms with Gasteiger partial charge >= 0.3 is 0 Å². The van der Waals surface area contributed by atoms with Crippen LogP contribution in [0.2, 0.25) is 5.02 Å². The molecule has 0 spiro atoms. The van der Waals surface area contributed by atoms with E-state index in [-0.39, 0.29) is 17.5 Å². The molecule has 7 heteroatoms. The maximum absolute atomic E-state index is 13.3. The summed E-state index contributed by atoms with van der Waals surface area (Å²) in [5.74, 6) is 0.319. The lowest BCUT2D eigenvalue weighted by molar-refractivity contribution is -0.116. The number of ketones is 1. The maximum atomic E-state index is 13.3. The Labute approximate surface area is 165 Å². The molecule has 0 unspecified atom stereocenters. The van der Waals surface area contributed by atoms with Gasteiger partial charge in [-0.25, -0.2) is 9.07 Å². The zero-order valence-corrected chi connectivity index (χ0v) is 15.5. The van der Waals surface area contributed by atoms with Crippen LogP contribution in [0.1, 0.15) is 35.9 Å². The van der Waals surface area contributed by atoms with Crippen LogP contribution in [-0.2, 0) is 4.79 Å². The molecule has 1 aliphatic carbocycles. The van der Waals surface area contributed by atoms with Crippen molar-refractivity contribution in [1.29, 1.82) is 0 Å². The molecule has 2 heterocycles. The molecule has 0 saturated carbocycles. The lowest BCUT2D eigenvalue weighted by Crippen LogP contribution is -2.33. The lowest BCUT2D eigenvalue weighted by Gasteiger charge is -2.35. The highest BCUT2D eigenvalue weighted by Gasteiger charge is 2.39. The van der Waals surface area contributed by atoms with Crippen molar-refractivity contribution in [3.05, 3.63) is 88.1 Å². The molecule has 28 heavy (non-hydrogen) atoms. The van der Waals surface area contributed by atoms with Crippen LogP contribution in [-0.4, -0.2) is 20.5 Å². The Morgan fingerprint density at radius 2 is 1.89 bits per heavy atom. The summed E-state index contributed by atoms with van der Waals surface area (Å²) >= 11 is 6.46. The Morgan fingerprint density at radius 3 is 2.68 bits per heavy atom. The first-order valence-electron chi connectivity index (χ1n) is 9.04. The van der Waals surface area contributed by atoms with Gasteiger partial charge in [-0.1, -0.05) is 41.9 Å². The molecule has 2 aliphatic rings. The topological polar surface area (TPSA) is 59.8 Å². The summed E-state index contributed by atoms with van der Waals surface area (Å²) in [7, 11) is 0. The molecule has 0 saturated heterocycles. The largest absolute Gasteiger partial charge is 0.328 e. The van der Waals surface area contributed by atoms with Gasteiger partial charge in [0.25, 0.3) is 0 Å². The van der Waals surface area contributed by atoms with E-state index in [9.17, 15) is 9.18 Å². The molecule has 3 aromatic rings. The van der Waals surface area contributed by atoms with Crippen molar-refractivity contribution < 1.29 is 9.18 Å². The number of benzene rings is 2. The smallest absolute Gasteiger partial charge is 0.226 e. The summed E-state index contributed by atoms with van der Waals surface area (Å²) in [6.45, 7) is 0. The number of nitrogens with zero attached hydrogens (tertiary/aromatic N) is 3. The molecule has 1 aliphatic heterocycles. The van der Waals surface area contributed by atoms with Crippen molar-refractivity contribution in [2.45, 2.75) is 24.8 Å². The van der Waals surface area contributed by atoms with Crippen LogP contribution in [0.3, 0.4) is 0 Å². The molecular formula is C21H16ClFN4O. The van der Waals surface area contributed by atoms with Crippen molar-refractivity contribution in [2.75, 3.05) is 5.32 Å². The van der Waals surface area contributed by atoms with Gasteiger partial charge < -0.3 is 5.32 Å². The Bertz CT molecular complexity index is 1110. The number of carbonyl (C=O) groups excluding carboxylic acids is 1. The number of halogens is 2. The Balaban J connectivity index is 1.61. The minimum absolute atomic E-state index is 0.0132. The van der Waals surface area contributed by atoms with Crippen LogP contribution in [0.15, 0.2) is 66.1 Å².